The highest BCUT2D eigenvalue weighted by Gasteiger charge is 2.07. The number of aromatic nitrogens is 2. The summed E-state index contributed by atoms with van der Waals surface area (Å²) >= 11 is 0. The second-order valence-corrected chi connectivity index (χ2v) is 2.84. The molecule has 0 fully saturated rings. The molecule has 0 bridgehead atoms. The molecule has 0 radical (unpaired) electrons. The van der Waals surface area contributed by atoms with Crippen LogP contribution in [0, 0.1) is 5.82 Å². The number of anilines is 1. The standard InChI is InChI=1S/C10H14FN3/c1-3-5-6-12-10-9(11)8(4-2)13-7-14-10/h3,7H,1,4-6H2,2H3,(H,12,13,14). The Morgan fingerprint density at radius 2 is 2.36 bits per heavy atom. The predicted molar refractivity (Wildman–Crippen MR) is 54.7 cm³/mol. The lowest BCUT2D eigenvalue weighted by Gasteiger charge is -2.06. The summed E-state index contributed by atoms with van der Waals surface area (Å²) < 4.78 is 13.5. The van der Waals surface area contributed by atoms with Crippen LogP contribution in [0.15, 0.2) is 19.0 Å². The van der Waals surface area contributed by atoms with Gasteiger partial charge < -0.3 is 5.32 Å². The van der Waals surface area contributed by atoms with Crippen LogP contribution in [0.4, 0.5) is 10.2 Å². The first-order valence-corrected chi connectivity index (χ1v) is 4.63. The number of nitrogens with zero attached hydrogens (tertiary/aromatic N) is 2. The molecule has 0 aliphatic carbocycles. The van der Waals surface area contributed by atoms with E-state index in [9.17, 15) is 4.39 Å². The fourth-order valence-corrected chi connectivity index (χ4v) is 1.07. The summed E-state index contributed by atoms with van der Waals surface area (Å²) in [6, 6.07) is 0. The Labute approximate surface area is 83.1 Å². The fraction of sp³-hybridized carbons (Fsp3) is 0.400. The molecule has 14 heavy (non-hydrogen) atoms. The third kappa shape index (κ3) is 2.52. The number of hydrogen-bond donors (Lipinski definition) is 1. The summed E-state index contributed by atoms with van der Waals surface area (Å²) in [6.45, 7) is 6.08. The molecule has 1 heterocycles. The van der Waals surface area contributed by atoms with Crippen LogP contribution >= 0.6 is 0 Å². The molecular formula is C10H14FN3. The molecular weight excluding hydrogens is 181 g/mol. The van der Waals surface area contributed by atoms with E-state index in [1.54, 1.807) is 6.08 Å². The minimum atomic E-state index is -0.348. The van der Waals surface area contributed by atoms with Crippen LogP contribution in [0.2, 0.25) is 0 Å². The van der Waals surface area contributed by atoms with Gasteiger partial charge in [0.15, 0.2) is 11.6 Å². The van der Waals surface area contributed by atoms with Gasteiger partial charge in [0.05, 0.1) is 5.69 Å². The van der Waals surface area contributed by atoms with Gasteiger partial charge >= 0.3 is 0 Å². The van der Waals surface area contributed by atoms with Gasteiger partial charge in [-0.15, -0.1) is 6.58 Å². The van der Waals surface area contributed by atoms with E-state index in [4.69, 9.17) is 0 Å². The van der Waals surface area contributed by atoms with Crippen molar-refractivity contribution in [3.8, 4) is 0 Å². The highest BCUT2D eigenvalue weighted by Crippen LogP contribution is 2.12. The first-order valence-electron chi connectivity index (χ1n) is 4.63. The largest absolute Gasteiger partial charge is 0.367 e. The van der Waals surface area contributed by atoms with Crippen LogP contribution in [0.3, 0.4) is 0 Å². The van der Waals surface area contributed by atoms with Crippen LogP contribution in [0.1, 0.15) is 19.0 Å². The zero-order chi connectivity index (χ0) is 10.4. The third-order valence-corrected chi connectivity index (χ3v) is 1.84. The monoisotopic (exact) mass is 195 g/mol. The van der Waals surface area contributed by atoms with Crippen LogP contribution < -0.4 is 5.32 Å². The fourth-order valence-electron chi connectivity index (χ4n) is 1.07. The molecule has 0 aliphatic heterocycles. The predicted octanol–water partition coefficient (Wildman–Crippen LogP) is 2.17. The van der Waals surface area contributed by atoms with Crippen LogP contribution in [0.25, 0.3) is 0 Å². The normalized spacial score (nSPS) is 9.86. The van der Waals surface area contributed by atoms with Crippen molar-refractivity contribution in [2.24, 2.45) is 0 Å². The van der Waals surface area contributed by atoms with Crippen molar-refractivity contribution in [1.82, 2.24) is 9.97 Å². The summed E-state index contributed by atoms with van der Waals surface area (Å²) in [6.07, 6.45) is 4.50. The minimum Gasteiger partial charge on any atom is -0.367 e. The molecule has 1 aromatic rings. The summed E-state index contributed by atoms with van der Waals surface area (Å²) in [5, 5.41) is 2.89. The Morgan fingerprint density at radius 1 is 1.57 bits per heavy atom. The molecule has 0 amide bonds. The number of halogens is 1. The van der Waals surface area contributed by atoms with E-state index in [1.807, 2.05) is 6.92 Å². The first-order chi connectivity index (χ1) is 6.79. The highest BCUT2D eigenvalue weighted by molar-refractivity contribution is 5.37. The van der Waals surface area contributed by atoms with E-state index in [-0.39, 0.29) is 11.6 Å². The lowest BCUT2D eigenvalue weighted by Crippen LogP contribution is -2.07. The zero-order valence-electron chi connectivity index (χ0n) is 8.26. The van der Waals surface area contributed by atoms with Crippen molar-refractivity contribution in [2.75, 3.05) is 11.9 Å². The smallest absolute Gasteiger partial charge is 0.186 e. The van der Waals surface area contributed by atoms with Crippen molar-refractivity contribution in [2.45, 2.75) is 19.8 Å². The summed E-state index contributed by atoms with van der Waals surface area (Å²) in [5.41, 5.74) is 0.445. The van der Waals surface area contributed by atoms with Gasteiger partial charge in [0, 0.05) is 6.54 Å². The summed E-state index contributed by atoms with van der Waals surface area (Å²) in [4.78, 5) is 7.67. The maximum Gasteiger partial charge on any atom is 0.186 e. The Bertz CT molecular complexity index is 312. The molecule has 0 spiro atoms. The molecule has 1 N–H and O–H groups in total. The number of nitrogens with one attached hydrogen (secondary N) is 1. The van der Waals surface area contributed by atoms with Crippen LogP contribution in [-0.2, 0) is 6.42 Å². The topological polar surface area (TPSA) is 37.8 Å². The zero-order valence-corrected chi connectivity index (χ0v) is 8.26. The van der Waals surface area contributed by atoms with Gasteiger partial charge in [0.2, 0.25) is 0 Å². The van der Waals surface area contributed by atoms with Gasteiger partial charge in [-0.25, -0.2) is 14.4 Å². The molecule has 0 atom stereocenters. The maximum atomic E-state index is 13.5. The van der Waals surface area contributed by atoms with Gasteiger partial charge in [0.25, 0.3) is 0 Å². The SMILES string of the molecule is C=CCCNc1ncnc(CC)c1F. The molecule has 4 heteroatoms. The molecule has 76 valence electrons. The van der Waals surface area contributed by atoms with E-state index in [0.29, 0.717) is 18.7 Å². The van der Waals surface area contributed by atoms with Gasteiger partial charge in [0.1, 0.15) is 6.33 Å². The van der Waals surface area contributed by atoms with Gasteiger partial charge in [-0.05, 0) is 12.8 Å². The quantitative estimate of drug-likeness (QED) is 0.578. The molecule has 3 nitrogen and oxygen atoms in total. The lowest BCUT2D eigenvalue weighted by molar-refractivity contribution is 0.597. The van der Waals surface area contributed by atoms with Crippen molar-refractivity contribution in [1.29, 1.82) is 0 Å². The highest BCUT2D eigenvalue weighted by atomic mass is 19.1. The van der Waals surface area contributed by atoms with E-state index in [0.717, 1.165) is 6.42 Å². The van der Waals surface area contributed by atoms with E-state index in [2.05, 4.69) is 21.9 Å². The summed E-state index contributed by atoms with van der Waals surface area (Å²) in [5.74, 6) is -0.0715. The molecule has 0 aromatic carbocycles. The Balaban J connectivity index is 2.71. The van der Waals surface area contributed by atoms with Crippen molar-refractivity contribution >= 4 is 5.82 Å². The Hall–Kier alpha value is -1.45. The average Bonchev–Trinajstić information content (AvgIpc) is 2.21. The molecule has 0 saturated heterocycles. The van der Waals surface area contributed by atoms with Gasteiger partial charge in [-0.2, -0.15) is 0 Å². The summed E-state index contributed by atoms with van der Waals surface area (Å²) in [7, 11) is 0. The number of hydrogen-bond acceptors (Lipinski definition) is 3. The van der Waals surface area contributed by atoms with E-state index < -0.39 is 0 Å². The molecule has 1 rings (SSSR count). The van der Waals surface area contributed by atoms with Gasteiger partial charge in [-0.3, -0.25) is 0 Å². The molecule has 0 saturated carbocycles. The maximum absolute atomic E-state index is 13.5. The Morgan fingerprint density at radius 3 is 3.00 bits per heavy atom. The lowest BCUT2D eigenvalue weighted by atomic mass is 10.3. The number of aryl methyl sites for hydroxylation is 1. The number of rotatable bonds is 5. The van der Waals surface area contributed by atoms with Crippen molar-refractivity contribution < 1.29 is 4.39 Å². The second kappa shape index (κ2) is 5.32. The first kappa shape index (κ1) is 10.6. The van der Waals surface area contributed by atoms with Crippen molar-refractivity contribution in [3.63, 3.8) is 0 Å². The Kier molecular flexibility index (Phi) is 4.04. The van der Waals surface area contributed by atoms with Crippen LogP contribution in [-0.4, -0.2) is 16.5 Å². The van der Waals surface area contributed by atoms with Crippen molar-refractivity contribution in [3.05, 3.63) is 30.5 Å². The third-order valence-electron chi connectivity index (χ3n) is 1.84. The minimum absolute atomic E-state index is 0.277. The van der Waals surface area contributed by atoms with E-state index in [1.165, 1.54) is 6.33 Å². The van der Waals surface area contributed by atoms with Gasteiger partial charge in [-0.1, -0.05) is 13.0 Å². The van der Waals surface area contributed by atoms with E-state index >= 15 is 0 Å². The second-order valence-electron chi connectivity index (χ2n) is 2.84. The average molecular weight is 195 g/mol. The molecule has 0 unspecified atom stereocenters. The molecule has 1 aromatic heterocycles. The molecule has 0 aliphatic rings. The van der Waals surface area contributed by atoms with Crippen LogP contribution in [0.5, 0.6) is 0 Å².